The number of nitrogens with one attached hydrogen (secondary N) is 1. The summed E-state index contributed by atoms with van der Waals surface area (Å²) >= 11 is 3.18. The minimum Gasteiger partial charge on any atom is -0.452 e. The van der Waals surface area contributed by atoms with Crippen molar-refractivity contribution in [1.82, 2.24) is 5.32 Å². The lowest BCUT2D eigenvalue weighted by molar-refractivity contribution is -0.140. The van der Waals surface area contributed by atoms with E-state index in [1.165, 1.54) is 6.07 Å². The van der Waals surface area contributed by atoms with Crippen LogP contribution in [0.15, 0.2) is 45.2 Å². The van der Waals surface area contributed by atoms with Gasteiger partial charge in [-0.15, -0.1) is 0 Å². The molecule has 130 valence electrons. The molecule has 25 heavy (non-hydrogen) atoms. The number of hydrogen-bond donors (Lipinski definition) is 1. The molecule has 0 saturated carbocycles. The molecule has 0 amide bonds. The predicted octanol–water partition coefficient (Wildman–Crippen LogP) is 2.72. The Balaban J connectivity index is 1.92. The van der Waals surface area contributed by atoms with Gasteiger partial charge in [0.05, 0.1) is 22.3 Å². The average molecular weight is 408 g/mol. The predicted molar refractivity (Wildman–Crippen MR) is 90.0 cm³/mol. The topological polar surface area (TPSA) is 64.6 Å². The Morgan fingerprint density at radius 1 is 1.28 bits per heavy atom. The Morgan fingerprint density at radius 3 is 2.80 bits per heavy atom. The number of ether oxygens (including phenoxy) is 2. The van der Waals surface area contributed by atoms with Crippen LogP contribution in [0.1, 0.15) is 24.8 Å². The highest BCUT2D eigenvalue weighted by Crippen LogP contribution is 2.44. The SMILES string of the molecule is CC[C@@H]1OC(=O)C2=C1NC1=C(C(=O)COC1)[C@@H]2c1ccc(F)c(Br)c1. The largest absolute Gasteiger partial charge is 0.452 e. The number of esters is 1. The van der Waals surface area contributed by atoms with E-state index in [9.17, 15) is 14.0 Å². The highest BCUT2D eigenvalue weighted by Gasteiger charge is 2.46. The molecule has 1 aromatic rings. The van der Waals surface area contributed by atoms with Gasteiger partial charge in [-0.25, -0.2) is 9.18 Å². The molecule has 5 nitrogen and oxygen atoms in total. The standard InChI is InChI=1S/C18H15BrFNO4/c1-2-13-17-16(18(23)25-13)14(8-3-4-10(20)9(19)5-8)15-11(21-17)6-24-7-12(15)22/h3-5,13-14,21H,2,6-7H2,1H3/t13-,14-/m0/s1. The first-order chi connectivity index (χ1) is 12.0. The van der Waals surface area contributed by atoms with Crippen molar-refractivity contribution in [3.63, 3.8) is 0 Å². The number of benzene rings is 1. The van der Waals surface area contributed by atoms with E-state index in [-0.39, 0.29) is 29.6 Å². The average Bonchev–Trinajstić information content (AvgIpc) is 2.92. The number of halogens is 2. The maximum atomic E-state index is 13.7. The van der Waals surface area contributed by atoms with Crippen molar-refractivity contribution in [2.75, 3.05) is 13.2 Å². The molecular formula is C18H15BrFNO4. The summed E-state index contributed by atoms with van der Waals surface area (Å²) in [5, 5.41) is 3.19. The lowest BCUT2D eigenvalue weighted by Crippen LogP contribution is -2.38. The zero-order valence-electron chi connectivity index (χ0n) is 13.4. The van der Waals surface area contributed by atoms with Crippen LogP contribution in [0.4, 0.5) is 4.39 Å². The fraction of sp³-hybridized carbons (Fsp3) is 0.333. The first-order valence-electron chi connectivity index (χ1n) is 8.02. The van der Waals surface area contributed by atoms with Crippen LogP contribution < -0.4 is 5.32 Å². The third-order valence-electron chi connectivity index (χ3n) is 4.70. The van der Waals surface area contributed by atoms with Crippen molar-refractivity contribution >= 4 is 27.7 Å². The number of rotatable bonds is 2. The summed E-state index contributed by atoms with van der Waals surface area (Å²) < 4.78 is 24.8. The number of Topliss-reactive ketones (excluding diaryl/α,β-unsaturated/α-hetero) is 1. The fourth-order valence-electron chi connectivity index (χ4n) is 3.58. The normalized spacial score (nSPS) is 25.6. The number of carbonyl (C=O) groups excluding carboxylic acids is 2. The molecule has 3 heterocycles. The molecule has 0 unspecified atom stereocenters. The van der Waals surface area contributed by atoms with Crippen molar-refractivity contribution in [2.24, 2.45) is 0 Å². The van der Waals surface area contributed by atoms with E-state index in [1.807, 2.05) is 6.92 Å². The molecule has 0 spiro atoms. The molecule has 1 N–H and O–H groups in total. The van der Waals surface area contributed by atoms with Gasteiger partial charge in [-0.1, -0.05) is 13.0 Å². The Morgan fingerprint density at radius 2 is 2.08 bits per heavy atom. The van der Waals surface area contributed by atoms with Gasteiger partial charge in [0, 0.05) is 17.2 Å². The van der Waals surface area contributed by atoms with Gasteiger partial charge in [-0.05, 0) is 40.0 Å². The molecule has 0 bridgehead atoms. The second kappa shape index (κ2) is 6.07. The smallest absolute Gasteiger partial charge is 0.337 e. The van der Waals surface area contributed by atoms with Crippen LogP contribution in [0, 0.1) is 5.82 Å². The molecule has 7 heteroatoms. The van der Waals surface area contributed by atoms with Crippen LogP contribution >= 0.6 is 15.9 Å². The molecule has 0 aliphatic carbocycles. The van der Waals surface area contributed by atoms with Crippen molar-refractivity contribution < 1.29 is 23.5 Å². The molecule has 0 saturated heterocycles. The van der Waals surface area contributed by atoms with Gasteiger partial charge in [0.15, 0.2) is 5.78 Å². The molecule has 0 aromatic heterocycles. The zero-order valence-corrected chi connectivity index (χ0v) is 15.0. The van der Waals surface area contributed by atoms with Crippen molar-refractivity contribution in [3.05, 3.63) is 56.6 Å². The summed E-state index contributed by atoms with van der Waals surface area (Å²) in [6.07, 6.45) is 0.245. The third-order valence-corrected chi connectivity index (χ3v) is 5.30. The lowest BCUT2D eigenvalue weighted by Gasteiger charge is -2.32. The van der Waals surface area contributed by atoms with Crippen molar-refractivity contribution in [3.8, 4) is 0 Å². The second-order valence-corrected chi connectivity index (χ2v) is 7.02. The minimum absolute atomic E-state index is 0.0335. The van der Waals surface area contributed by atoms with Crippen LogP contribution in [0.5, 0.6) is 0 Å². The van der Waals surface area contributed by atoms with E-state index >= 15 is 0 Å². The van der Waals surface area contributed by atoms with Crippen LogP contribution in [0.25, 0.3) is 0 Å². The quantitative estimate of drug-likeness (QED) is 0.763. The second-order valence-electron chi connectivity index (χ2n) is 6.17. The highest BCUT2D eigenvalue weighted by atomic mass is 79.9. The summed E-state index contributed by atoms with van der Waals surface area (Å²) in [4.78, 5) is 25.1. The highest BCUT2D eigenvalue weighted by molar-refractivity contribution is 9.10. The maximum absolute atomic E-state index is 13.7. The molecule has 0 radical (unpaired) electrons. The first kappa shape index (κ1) is 16.5. The lowest BCUT2D eigenvalue weighted by atomic mass is 9.78. The summed E-state index contributed by atoms with van der Waals surface area (Å²) in [5.41, 5.74) is 2.92. The number of cyclic esters (lactones) is 1. The fourth-order valence-corrected chi connectivity index (χ4v) is 3.98. The number of ketones is 1. The summed E-state index contributed by atoms with van der Waals surface area (Å²) in [6.45, 7) is 2.15. The maximum Gasteiger partial charge on any atom is 0.337 e. The van der Waals surface area contributed by atoms with Crippen LogP contribution in [0.3, 0.4) is 0 Å². The first-order valence-corrected chi connectivity index (χ1v) is 8.81. The Labute approximate surface area is 152 Å². The van der Waals surface area contributed by atoms with Gasteiger partial charge in [-0.2, -0.15) is 0 Å². The molecule has 3 aliphatic heterocycles. The number of dihydropyridines is 1. The molecule has 1 aromatic carbocycles. The van der Waals surface area contributed by atoms with Gasteiger partial charge in [0.1, 0.15) is 18.5 Å². The molecule has 0 fully saturated rings. The van der Waals surface area contributed by atoms with Gasteiger partial charge in [0.25, 0.3) is 0 Å². The summed E-state index contributed by atoms with van der Waals surface area (Å²) in [7, 11) is 0. The number of hydrogen-bond acceptors (Lipinski definition) is 5. The van der Waals surface area contributed by atoms with Crippen LogP contribution in [0.2, 0.25) is 0 Å². The number of carbonyl (C=O) groups is 2. The van der Waals surface area contributed by atoms with Gasteiger partial charge in [-0.3, -0.25) is 4.79 Å². The molecule has 4 rings (SSSR count). The van der Waals surface area contributed by atoms with Gasteiger partial charge < -0.3 is 14.8 Å². The monoisotopic (exact) mass is 407 g/mol. The third kappa shape index (κ3) is 2.53. The summed E-state index contributed by atoms with van der Waals surface area (Å²) in [6, 6.07) is 4.53. The van der Waals surface area contributed by atoms with E-state index in [2.05, 4.69) is 21.2 Å². The van der Waals surface area contributed by atoms with E-state index in [4.69, 9.17) is 9.47 Å². The Bertz CT molecular complexity index is 861. The van der Waals surface area contributed by atoms with Crippen molar-refractivity contribution in [2.45, 2.75) is 25.4 Å². The van der Waals surface area contributed by atoms with Crippen LogP contribution in [-0.2, 0) is 19.1 Å². The summed E-state index contributed by atoms with van der Waals surface area (Å²) in [5.74, 6) is -1.60. The molecule has 2 atom stereocenters. The Kier molecular flexibility index (Phi) is 4.00. The van der Waals surface area contributed by atoms with Crippen LogP contribution in [-0.4, -0.2) is 31.1 Å². The van der Waals surface area contributed by atoms with E-state index in [0.717, 1.165) is 0 Å². The van der Waals surface area contributed by atoms with E-state index < -0.39 is 17.7 Å². The molecular weight excluding hydrogens is 393 g/mol. The van der Waals surface area contributed by atoms with Crippen molar-refractivity contribution in [1.29, 1.82) is 0 Å². The van der Waals surface area contributed by atoms with E-state index in [0.29, 0.717) is 34.5 Å². The zero-order chi connectivity index (χ0) is 17.7. The van der Waals surface area contributed by atoms with Gasteiger partial charge >= 0.3 is 5.97 Å². The Hall–Kier alpha value is -1.99. The van der Waals surface area contributed by atoms with Gasteiger partial charge in [0.2, 0.25) is 0 Å². The minimum atomic E-state index is -0.580. The molecule has 3 aliphatic rings. The van der Waals surface area contributed by atoms with E-state index in [1.54, 1.807) is 12.1 Å².